The first kappa shape index (κ1) is 12.7. The summed E-state index contributed by atoms with van der Waals surface area (Å²) in [4.78, 5) is 11.8. The van der Waals surface area contributed by atoms with Crippen LogP contribution in [0.1, 0.15) is 34.5 Å². The number of esters is 1. The lowest BCUT2D eigenvalue weighted by Crippen LogP contribution is -2.44. The van der Waals surface area contributed by atoms with Crippen LogP contribution in [0.4, 0.5) is 0 Å². The van der Waals surface area contributed by atoms with Crippen LogP contribution in [0, 0.1) is 6.92 Å². The van der Waals surface area contributed by atoms with E-state index in [0.29, 0.717) is 0 Å². The van der Waals surface area contributed by atoms with Crippen molar-refractivity contribution in [3.05, 3.63) is 22.8 Å². The molecule has 0 aliphatic carbocycles. The highest BCUT2D eigenvalue weighted by Gasteiger charge is 2.46. The number of carbonyl (C=O) groups excluding carboxylic acids is 1. The van der Waals surface area contributed by atoms with E-state index in [4.69, 9.17) is 9.47 Å². The van der Waals surface area contributed by atoms with Crippen LogP contribution in [0.5, 0.6) is 11.5 Å². The van der Waals surface area contributed by atoms with Crippen LogP contribution in [0.15, 0.2) is 6.07 Å². The van der Waals surface area contributed by atoms with Crippen LogP contribution < -0.4 is 0 Å². The van der Waals surface area contributed by atoms with Crippen molar-refractivity contribution in [3.63, 3.8) is 0 Å². The predicted molar refractivity (Wildman–Crippen MR) is 60.3 cm³/mol. The number of phenolic OH excluding ortho intramolecular Hbond substituents is 2. The van der Waals surface area contributed by atoms with Gasteiger partial charge in [-0.05, 0) is 13.0 Å². The summed E-state index contributed by atoms with van der Waals surface area (Å²) in [6.45, 7) is 2.85. The van der Waals surface area contributed by atoms with Crippen LogP contribution in [0.3, 0.4) is 0 Å². The molecule has 18 heavy (non-hydrogen) atoms. The quantitative estimate of drug-likeness (QED) is 0.646. The highest BCUT2D eigenvalue weighted by Crippen LogP contribution is 2.44. The average molecular weight is 254 g/mol. The van der Waals surface area contributed by atoms with Gasteiger partial charge >= 0.3 is 5.97 Å². The molecule has 2 rings (SSSR count). The number of benzene rings is 1. The molecule has 1 heterocycles. The molecule has 1 aromatic carbocycles. The summed E-state index contributed by atoms with van der Waals surface area (Å²) in [5, 5.41) is 29.6. The van der Waals surface area contributed by atoms with Crippen LogP contribution >= 0.6 is 0 Å². The molecule has 0 fully saturated rings. The third kappa shape index (κ3) is 1.53. The Morgan fingerprint density at radius 1 is 1.44 bits per heavy atom. The number of hydrogen-bond donors (Lipinski definition) is 3. The summed E-state index contributed by atoms with van der Waals surface area (Å²) in [5.74, 6) is -2.95. The van der Waals surface area contributed by atoms with E-state index in [-0.39, 0.29) is 22.4 Å². The number of cyclic esters (lactones) is 1. The van der Waals surface area contributed by atoms with Crippen molar-refractivity contribution in [2.24, 2.45) is 0 Å². The summed E-state index contributed by atoms with van der Waals surface area (Å²) >= 11 is 0. The molecule has 0 spiro atoms. The van der Waals surface area contributed by atoms with Crippen LogP contribution in [-0.2, 0) is 9.47 Å². The molecule has 0 aromatic heterocycles. The van der Waals surface area contributed by atoms with Crippen molar-refractivity contribution in [2.75, 3.05) is 7.11 Å². The molecule has 1 aliphatic heterocycles. The minimum Gasteiger partial charge on any atom is -0.508 e. The fourth-order valence-electron chi connectivity index (χ4n) is 1.93. The maximum atomic E-state index is 11.8. The second-order valence-corrected chi connectivity index (χ2v) is 4.35. The summed E-state index contributed by atoms with van der Waals surface area (Å²) in [5.41, 5.74) is 0.0856. The lowest BCUT2D eigenvalue weighted by Gasteiger charge is -2.37. The van der Waals surface area contributed by atoms with E-state index in [2.05, 4.69) is 0 Å². The number of aliphatic hydroxyl groups excluding tert-OH is 1. The highest BCUT2D eigenvalue weighted by atomic mass is 16.7. The van der Waals surface area contributed by atoms with Crippen LogP contribution in [0.25, 0.3) is 0 Å². The summed E-state index contributed by atoms with van der Waals surface area (Å²) in [6.07, 6.45) is -1.30. The van der Waals surface area contributed by atoms with Gasteiger partial charge in [-0.1, -0.05) is 0 Å². The van der Waals surface area contributed by atoms with Crippen molar-refractivity contribution in [1.82, 2.24) is 0 Å². The van der Waals surface area contributed by atoms with Crippen molar-refractivity contribution in [3.8, 4) is 11.5 Å². The van der Waals surface area contributed by atoms with E-state index in [1.165, 1.54) is 27.0 Å². The zero-order chi connectivity index (χ0) is 13.7. The standard InChI is InChI=1S/C12H14O6/c1-5-7(13)4-6-8(9(5)14)11(16)18-12(2,17-3)10(6)15/h4,10,13-15H,1-3H3. The molecule has 0 saturated carbocycles. The predicted octanol–water partition coefficient (Wildman–Crippen LogP) is 0.973. The van der Waals surface area contributed by atoms with E-state index >= 15 is 0 Å². The molecule has 2 unspecified atom stereocenters. The number of rotatable bonds is 1. The number of carbonyl (C=O) groups is 1. The zero-order valence-corrected chi connectivity index (χ0v) is 10.2. The maximum absolute atomic E-state index is 11.8. The van der Waals surface area contributed by atoms with E-state index in [9.17, 15) is 20.1 Å². The fourth-order valence-corrected chi connectivity index (χ4v) is 1.93. The first-order chi connectivity index (χ1) is 8.31. The molecule has 6 nitrogen and oxygen atoms in total. The maximum Gasteiger partial charge on any atom is 0.344 e. The lowest BCUT2D eigenvalue weighted by atomic mass is 9.91. The lowest BCUT2D eigenvalue weighted by molar-refractivity contribution is -0.237. The summed E-state index contributed by atoms with van der Waals surface area (Å²) in [7, 11) is 1.29. The molecular weight excluding hydrogens is 240 g/mol. The smallest absolute Gasteiger partial charge is 0.344 e. The second kappa shape index (κ2) is 3.86. The summed E-state index contributed by atoms with van der Waals surface area (Å²) in [6, 6.07) is 1.23. The molecule has 0 amide bonds. The zero-order valence-electron chi connectivity index (χ0n) is 10.2. The molecule has 2 atom stereocenters. The van der Waals surface area contributed by atoms with Crippen molar-refractivity contribution >= 4 is 5.97 Å². The summed E-state index contributed by atoms with van der Waals surface area (Å²) < 4.78 is 9.96. The Morgan fingerprint density at radius 2 is 2.06 bits per heavy atom. The number of aromatic hydroxyl groups is 2. The second-order valence-electron chi connectivity index (χ2n) is 4.35. The van der Waals surface area contributed by atoms with Crippen molar-refractivity contribution in [2.45, 2.75) is 25.7 Å². The molecule has 0 radical (unpaired) electrons. The molecule has 6 heteroatoms. The average Bonchev–Trinajstić information content (AvgIpc) is 2.32. The van der Waals surface area contributed by atoms with Gasteiger partial charge in [0.25, 0.3) is 0 Å². The largest absolute Gasteiger partial charge is 0.508 e. The Labute approximate surface area is 103 Å². The Morgan fingerprint density at radius 3 is 2.61 bits per heavy atom. The number of phenols is 2. The Bertz CT molecular complexity index is 524. The van der Waals surface area contributed by atoms with Gasteiger partial charge in [0.15, 0.2) is 0 Å². The highest BCUT2D eigenvalue weighted by molar-refractivity contribution is 5.96. The molecule has 3 N–H and O–H groups in total. The van der Waals surface area contributed by atoms with Gasteiger partial charge in [0.1, 0.15) is 23.2 Å². The Hall–Kier alpha value is -1.79. The molecule has 1 aromatic rings. The van der Waals surface area contributed by atoms with Gasteiger partial charge in [0, 0.05) is 25.2 Å². The number of ether oxygens (including phenoxy) is 2. The van der Waals surface area contributed by atoms with Crippen molar-refractivity contribution < 1.29 is 29.6 Å². The van der Waals surface area contributed by atoms with Crippen molar-refractivity contribution in [1.29, 1.82) is 0 Å². The Balaban J connectivity index is 2.70. The van der Waals surface area contributed by atoms with E-state index in [0.717, 1.165) is 0 Å². The van der Waals surface area contributed by atoms with Gasteiger partial charge in [0.05, 0.1) is 0 Å². The third-order valence-corrected chi connectivity index (χ3v) is 3.25. The van der Waals surface area contributed by atoms with Gasteiger partial charge in [0.2, 0.25) is 5.79 Å². The molecule has 98 valence electrons. The van der Waals surface area contributed by atoms with Gasteiger partial charge in [-0.3, -0.25) is 0 Å². The molecule has 0 bridgehead atoms. The third-order valence-electron chi connectivity index (χ3n) is 3.25. The topological polar surface area (TPSA) is 96.2 Å². The number of methoxy groups -OCH3 is 1. The van der Waals surface area contributed by atoms with Gasteiger partial charge < -0.3 is 24.8 Å². The SMILES string of the molecule is COC1(C)OC(=O)c2c(cc(O)c(C)c2O)C1O. The first-order valence-corrected chi connectivity index (χ1v) is 5.33. The first-order valence-electron chi connectivity index (χ1n) is 5.33. The minimum absolute atomic E-state index is 0.0798. The Kier molecular flexibility index (Phi) is 2.71. The normalized spacial score (nSPS) is 26.7. The van der Waals surface area contributed by atoms with Gasteiger partial charge in [-0.2, -0.15) is 0 Å². The van der Waals surface area contributed by atoms with Crippen LogP contribution in [-0.4, -0.2) is 34.2 Å². The molecule has 0 saturated heterocycles. The molecule has 1 aliphatic rings. The number of aliphatic hydroxyl groups is 1. The van der Waals surface area contributed by atoms with E-state index in [1.54, 1.807) is 0 Å². The minimum atomic E-state index is -1.54. The van der Waals surface area contributed by atoms with Crippen LogP contribution in [0.2, 0.25) is 0 Å². The van der Waals surface area contributed by atoms with Gasteiger partial charge in [-0.15, -0.1) is 0 Å². The molecular formula is C12H14O6. The number of fused-ring (bicyclic) bond motifs is 1. The van der Waals surface area contributed by atoms with E-state index in [1.807, 2.05) is 0 Å². The fraction of sp³-hybridized carbons (Fsp3) is 0.417. The number of hydrogen-bond acceptors (Lipinski definition) is 6. The monoisotopic (exact) mass is 254 g/mol. The van der Waals surface area contributed by atoms with E-state index < -0.39 is 23.6 Å². The van der Waals surface area contributed by atoms with Gasteiger partial charge in [-0.25, -0.2) is 4.79 Å².